The molecule has 1 atom stereocenters. The summed E-state index contributed by atoms with van der Waals surface area (Å²) in [5.74, 6) is 0.666. The molecule has 1 aromatic carbocycles. The van der Waals surface area contributed by atoms with Gasteiger partial charge in [-0.25, -0.2) is 0 Å². The third kappa shape index (κ3) is 3.46. The van der Waals surface area contributed by atoms with Gasteiger partial charge in [-0.1, -0.05) is 18.2 Å². The van der Waals surface area contributed by atoms with E-state index in [9.17, 15) is 4.79 Å². The summed E-state index contributed by atoms with van der Waals surface area (Å²) in [6, 6.07) is 10.6. The number of fused-ring (bicyclic) bond motifs is 1. The summed E-state index contributed by atoms with van der Waals surface area (Å²) < 4.78 is 5.62. The Bertz CT molecular complexity index is 695. The van der Waals surface area contributed by atoms with Crippen molar-refractivity contribution in [2.75, 3.05) is 25.0 Å². The van der Waals surface area contributed by atoms with Crippen molar-refractivity contribution in [2.45, 2.75) is 32.4 Å². The quantitative estimate of drug-likeness (QED) is 0.768. The van der Waals surface area contributed by atoms with Crippen LogP contribution in [0.25, 0.3) is 0 Å². The van der Waals surface area contributed by atoms with Gasteiger partial charge in [-0.15, -0.1) is 0 Å². The summed E-state index contributed by atoms with van der Waals surface area (Å²) >= 11 is 0. The zero-order valence-electron chi connectivity index (χ0n) is 14.3. The van der Waals surface area contributed by atoms with Crippen LogP contribution in [0.2, 0.25) is 0 Å². The van der Waals surface area contributed by atoms with Crippen molar-refractivity contribution in [3.63, 3.8) is 0 Å². The van der Waals surface area contributed by atoms with E-state index in [1.165, 1.54) is 11.3 Å². The summed E-state index contributed by atoms with van der Waals surface area (Å²) in [5.41, 5.74) is 3.23. The van der Waals surface area contributed by atoms with Crippen molar-refractivity contribution in [3.8, 4) is 0 Å². The number of amides is 1. The average molecular weight is 327 g/mol. The van der Waals surface area contributed by atoms with Crippen LogP contribution in [-0.4, -0.2) is 32.1 Å². The van der Waals surface area contributed by atoms with E-state index in [0.717, 1.165) is 25.1 Å². The highest BCUT2D eigenvalue weighted by Crippen LogP contribution is 2.33. The summed E-state index contributed by atoms with van der Waals surface area (Å²) in [6.45, 7) is 4.37. The van der Waals surface area contributed by atoms with Crippen molar-refractivity contribution in [1.82, 2.24) is 10.6 Å². The number of nitrogens with one attached hydrogen (secondary N) is 2. The van der Waals surface area contributed by atoms with Gasteiger partial charge in [-0.05, 0) is 51.1 Å². The molecule has 2 N–H and O–H groups in total. The van der Waals surface area contributed by atoms with Crippen molar-refractivity contribution in [1.29, 1.82) is 0 Å². The van der Waals surface area contributed by atoms with Gasteiger partial charge in [0.15, 0.2) is 0 Å². The van der Waals surface area contributed by atoms with E-state index in [4.69, 9.17) is 4.42 Å². The molecular formula is C19H25N3O2. The van der Waals surface area contributed by atoms with Crippen molar-refractivity contribution in [2.24, 2.45) is 0 Å². The standard InChI is InChI=1S/C19H25N3O2/c1-14-12-15-6-3-4-7-17(15)22(14)13-18-16(8-11-24-18)19(23)21-10-5-9-20-2/h3-4,6-8,11,14,20H,5,9-10,12-13H2,1-2H3,(H,21,23). The summed E-state index contributed by atoms with van der Waals surface area (Å²) in [5, 5.41) is 6.03. The average Bonchev–Trinajstić information content (AvgIpc) is 3.17. The molecule has 128 valence electrons. The minimum atomic E-state index is -0.0602. The Kier molecular flexibility index (Phi) is 5.20. The molecule has 0 fully saturated rings. The smallest absolute Gasteiger partial charge is 0.254 e. The van der Waals surface area contributed by atoms with Gasteiger partial charge >= 0.3 is 0 Å². The molecule has 0 radical (unpaired) electrons. The molecule has 1 unspecified atom stereocenters. The summed E-state index contributed by atoms with van der Waals surface area (Å²) in [7, 11) is 1.91. The SMILES string of the molecule is CNCCCNC(=O)c1ccoc1CN1c2ccccc2CC1C. The second-order valence-electron chi connectivity index (χ2n) is 6.28. The number of furan rings is 1. The topological polar surface area (TPSA) is 57.5 Å². The van der Waals surface area contributed by atoms with E-state index in [2.05, 4.69) is 46.7 Å². The lowest BCUT2D eigenvalue weighted by molar-refractivity contribution is 0.0951. The van der Waals surface area contributed by atoms with Gasteiger partial charge in [0.1, 0.15) is 5.76 Å². The van der Waals surface area contributed by atoms with Crippen molar-refractivity contribution < 1.29 is 9.21 Å². The molecular weight excluding hydrogens is 302 g/mol. The van der Waals surface area contributed by atoms with E-state index < -0.39 is 0 Å². The zero-order chi connectivity index (χ0) is 16.9. The number of carbonyl (C=O) groups is 1. The predicted molar refractivity (Wildman–Crippen MR) is 95.4 cm³/mol. The number of carbonyl (C=O) groups excluding carboxylic acids is 1. The van der Waals surface area contributed by atoms with Crippen LogP contribution in [-0.2, 0) is 13.0 Å². The third-order valence-corrected chi connectivity index (χ3v) is 4.54. The molecule has 0 saturated carbocycles. The van der Waals surface area contributed by atoms with Gasteiger partial charge in [-0.3, -0.25) is 4.79 Å². The molecule has 0 bridgehead atoms. The molecule has 1 aliphatic rings. The van der Waals surface area contributed by atoms with Crippen LogP contribution in [0.15, 0.2) is 41.0 Å². The molecule has 0 saturated heterocycles. The van der Waals surface area contributed by atoms with Crippen LogP contribution in [0.4, 0.5) is 5.69 Å². The van der Waals surface area contributed by atoms with E-state index in [1.807, 2.05) is 7.05 Å². The maximum atomic E-state index is 12.4. The van der Waals surface area contributed by atoms with Gasteiger partial charge in [0.25, 0.3) is 5.91 Å². The third-order valence-electron chi connectivity index (χ3n) is 4.54. The molecule has 0 aliphatic carbocycles. The number of rotatable bonds is 7. The maximum Gasteiger partial charge on any atom is 0.254 e. The first-order valence-electron chi connectivity index (χ1n) is 8.54. The molecule has 3 rings (SSSR count). The lowest BCUT2D eigenvalue weighted by atomic mass is 10.1. The number of nitrogens with zero attached hydrogens (tertiary/aromatic N) is 1. The Morgan fingerprint density at radius 2 is 2.12 bits per heavy atom. The Balaban J connectivity index is 1.69. The predicted octanol–water partition coefficient (Wildman–Crippen LogP) is 2.57. The number of anilines is 1. The fourth-order valence-corrected chi connectivity index (χ4v) is 3.25. The van der Waals surface area contributed by atoms with E-state index in [0.29, 0.717) is 24.7 Å². The maximum absolute atomic E-state index is 12.4. The second kappa shape index (κ2) is 7.53. The molecule has 2 aromatic rings. The fourth-order valence-electron chi connectivity index (χ4n) is 3.25. The highest BCUT2D eigenvalue weighted by atomic mass is 16.3. The van der Waals surface area contributed by atoms with Crippen molar-refractivity contribution in [3.05, 3.63) is 53.5 Å². The second-order valence-corrected chi connectivity index (χ2v) is 6.28. The van der Waals surface area contributed by atoms with Crippen LogP contribution in [0.1, 0.15) is 35.0 Å². The minimum Gasteiger partial charge on any atom is -0.467 e. The van der Waals surface area contributed by atoms with Crippen molar-refractivity contribution >= 4 is 11.6 Å². The lowest BCUT2D eigenvalue weighted by Gasteiger charge is -2.24. The number of para-hydroxylation sites is 1. The summed E-state index contributed by atoms with van der Waals surface area (Å²) in [6.07, 6.45) is 3.54. The highest BCUT2D eigenvalue weighted by Gasteiger charge is 2.27. The van der Waals surface area contributed by atoms with Gasteiger partial charge in [0, 0.05) is 18.3 Å². The number of hydrogen-bond donors (Lipinski definition) is 2. The van der Waals surface area contributed by atoms with Crippen LogP contribution < -0.4 is 15.5 Å². The monoisotopic (exact) mass is 327 g/mol. The largest absolute Gasteiger partial charge is 0.467 e. The van der Waals surface area contributed by atoms with Gasteiger partial charge in [-0.2, -0.15) is 0 Å². The molecule has 5 heteroatoms. The Morgan fingerprint density at radius 3 is 2.96 bits per heavy atom. The highest BCUT2D eigenvalue weighted by molar-refractivity contribution is 5.95. The van der Waals surface area contributed by atoms with Gasteiger partial charge in [0.05, 0.1) is 18.4 Å². The van der Waals surface area contributed by atoms with E-state index >= 15 is 0 Å². The van der Waals surface area contributed by atoms with Gasteiger partial charge in [0.2, 0.25) is 0 Å². The van der Waals surface area contributed by atoms with Gasteiger partial charge < -0.3 is 20.0 Å². The van der Waals surface area contributed by atoms with Crippen LogP contribution in [0, 0.1) is 0 Å². The number of benzene rings is 1. The first-order valence-corrected chi connectivity index (χ1v) is 8.54. The van der Waals surface area contributed by atoms with Crippen LogP contribution in [0.5, 0.6) is 0 Å². The van der Waals surface area contributed by atoms with E-state index in [1.54, 1.807) is 12.3 Å². The molecule has 0 spiro atoms. The molecule has 2 heterocycles. The summed E-state index contributed by atoms with van der Waals surface area (Å²) in [4.78, 5) is 14.7. The van der Waals surface area contributed by atoms with Crippen LogP contribution >= 0.6 is 0 Å². The Morgan fingerprint density at radius 1 is 1.29 bits per heavy atom. The zero-order valence-corrected chi connectivity index (χ0v) is 14.3. The van der Waals surface area contributed by atoms with Crippen LogP contribution in [0.3, 0.4) is 0 Å². The van der Waals surface area contributed by atoms with E-state index in [-0.39, 0.29) is 5.91 Å². The lowest BCUT2D eigenvalue weighted by Crippen LogP contribution is -2.31. The first-order chi connectivity index (χ1) is 11.7. The Labute approximate surface area is 143 Å². The first kappa shape index (κ1) is 16.6. The molecule has 1 amide bonds. The molecule has 1 aromatic heterocycles. The Hall–Kier alpha value is -2.27. The molecule has 1 aliphatic heterocycles. The fraction of sp³-hybridized carbons (Fsp3) is 0.421. The molecule has 5 nitrogen and oxygen atoms in total. The number of hydrogen-bond acceptors (Lipinski definition) is 4. The molecule has 24 heavy (non-hydrogen) atoms. The minimum absolute atomic E-state index is 0.0602. The normalized spacial score (nSPS) is 16.2.